The number of benzene rings is 1. The van der Waals surface area contributed by atoms with Gasteiger partial charge in [0, 0.05) is 19.0 Å². The maximum Gasteiger partial charge on any atom is 0.228 e. The van der Waals surface area contributed by atoms with Gasteiger partial charge in [-0.15, -0.1) is 0 Å². The van der Waals surface area contributed by atoms with E-state index in [4.69, 9.17) is 5.73 Å². The van der Waals surface area contributed by atoms with E-state index < -0.39 is 5.41 Å². The van der Waals surface area contributed by atoms with Crippen LogP contribution < -0.4 is 5.73 Å². The summed E-state index contributed by atoms with van der Waals surface area (Å²) in [4.78, 5) is 13.8. The number of rotatable bonds is 5. The van der Waals surface area contributed by atoms with Gasteiger partial charge in [-0.3, -0.25) is 4.79 Å². The second-order valence-corrected chi connectivity index (χ2v) is 5.21. The van der Waals surface area contributed by atoms with Gasteiger partial charge < -0.3 is 10.6 Å². The molecule has 0 spiro atoms. The molecule has 1 rings (SSSR count). The minimum Gasteiger partial charge on any atom is -0.341 e. The molecule has 0 saturated heterocycles. The first kappa shape index (κ1) is 14.6. The van der Waals surface area contributed by atoms with E-state index >= 15 is 0 Å². The van der Waals surface area contributed by atoms with E-state index in [1.54, 1.807) is 18.0 Å². The van der Waals surface area contributed by atoms with Crippen LogP contribution in [0.15, 0.2) is 24.3 Å². The fourth-order valence-electron chi connectivity index (χ4n) is 1.97. The Morgan fingerprint density at radius 3 is 2.67 bits per heavy atom. The second-order valence-electron chi connectivity index (χ2n) is 5.21. The Labute approximate surface area is 108 Å². The van der Waals surface area contributed by atoms with E-state index in [2.05, 4.69) is 0 Å². The Morgan fingerprint density at radius 1 is 1.44 bits per heavy atom. The molecule has 0 aromatic heterocycles. The normalized spacial score (nSPS) is 11.4. The van der Waals surface area contributed by atoms with Crippen LogP contribution in [-0.4, -0.2) is 24.4 Å². The molecular weight excluding hydrogens is 231 g/mol. The van der Waals surface area contributed by atoms with Crippen LogP contribution in [0.1, 0.15) is 25.8 Å². The standard InChI is InChI=1S/C14H21FN2O/c1-14(2,7-8-16)13(18)17(3)10-11-5-4-6-12(15)9-11/h4-6,9H,7-8,10,16H2,1-3H3. The van der Waals surface area contributed by atoms with Gasteiger partial charge in [-0.2, -0.15) is 0 Å². The predicted octanol–water partition coefficient (Wildman–Crippen LogP) is 2.16. The molecule has 18 heavy (non-hydrogen) atoms. The largest absolute Gasteiger partial charge is 0.341 e. The van der Waals surface area contributed by atoms with Gasteiger partial charge in [-0.05, 0) is 30.7 Å². The van der Waals surface area contributed by atoms with Gasteiger partial charge in [0.25, 0.3) is 0 Å². The van der Waals surface area contributed by atoms with Crippen molar-refractivity contribution in [2.75, 3.05) is 13.6 Å². The molecule has 2 N–H and O–H groups in total. The van der Waals surface area contributed by atoms with Gasteiger partial charge in [-0.1, -0.05) is 26.0 Å². The number of nitrogens with two attached hydrogens (primary N) is 1. The molecule has 0 unspecified atom stereocenters. The Kier molecular flexibility index (Phi) is 4.84. The van der Waals surface area contributed by atoms with Crippen LogP contribution in [-0.2, 0) is 11.3 Å². The average Bonchev–Trinajstić information content (AvgIpc) is 2.27. The molecule has 0 saturated carbocycles. The molecule has 0 aliphatic carbocycles. The van der Waals surface area contributed by atoms with Crippen molar-refractivity contribution < 1.29 is 9.18 Å². The summed E-state index contributed by atoms with van der Waals surface area (Å²) in [6, 6.07) is 6.29. The molecule has 1 aromatic carbocycles. The zero-order chi connectivity index (χ0) is 13.8. The zero-order valence-corrected chi connectivity index (χ0v) is 11.2. The number of amides is 1. The lowest BCUT2D eigenvalue weighted by atomic mass is 9.87. The molecule has 0 fully saturated rings. The molecule has 0 atom stereocenters. The number of nitrogens with zero attached hydrogens (tertiary/aromatic N) is 1. The van der Waals surface area contributed by atoms with E-state index in [0.717, 1.165) is 5.56 Å². The smallest absolute Gasteiger partial charge is 0.228 e. The lowest BCUT2D eigenvalue weighted by Gasteiger charge is -2.29. The highest BCUT2D eigenvalue weighted by molar-refractivity contribution is 5.81. The fraction of sp³-hybridized carbons (Fsp3) is 0.500. The summed E-state index contributed by atoms with van der Waals surface area (Å²) in [7, 11) is 1.73. The summed E-state index contributed by atoms with van der Waals surface area (Å²) in [6.07, 6.45) is 0.638. The summed E-state index contributed by atoms with van der Waals surface area (Å²) < 4.78 is 13.1. The van der Waals surface area contributed by atoms with Crippen LogP contribution in [0.4, 0.5) is 4.39 Å². The third-order valence-corrected chi connectivity index (χ3v) is 3.00. The summed E-state index contributed by atoms with van der Waals surface area (Å²) in [5, 5.41) is 0. The highest BCUT2D eigenvalue weighted by Crippen LogP contribution is 2.23. The molecule has 0 aliphatic heterocycles. The molecule has 1 aromatic rings. The van der Waals surface area contributed by atoms with E-state index in [0.29, 0.717) is 19.5 Å². The lowest BCUT2D eigenvalue weighted by Crippen LogP contribution is -2.39. The summed E-state index contributed by atoms with van der Waals surface area (Å²) >= 11 is 0. The van der Waals surface area contributed by atoms with Crippen LogP contribution >= 0.6 is 0 Å². The van der Waals surface area contributed by atoms with Gasteiger partial charge in [0.15, 0.2) is 0 Å². The van der Waals surface area contributed by atoms with Crippen molar-refractivity contribution in [3.8, 4) is 0 Å². The van der Waals surface area contributed by atoms with E-state index in [-0.39, 0.29) is 11.7 Å². The maximum atomic E-state index is 13.1. The van der Waals surface area contributed by atoms with Crippen molar-refractivity contribution in [1.29, 1.82) is 0 Å². The number of hydrogen-bond donors (Lipinski definition) is 1. The van der Waals surface area contributed by atoms with Gasteiger partial charge in [0.2, 0.25) is 5.91 Å². The highest BCUT2D eigenvalue weighted by atomic mass is 19.1. The van der Waals surface area contributed by atoms with Gasteiger partial charge in [-0.25, -0.2) is 4.39 Å². The van der Waals surface area contributed by atoms with E-state index in [1.165, 1.54) is 12.1 Å². The molecule has 3 nitrogen and oxygen atoms in total. The molecular formula is C14H21FN2O. The van der Waals surface area contributed by atoms with Crippen molar-refractivity contribution in [3.63, 3.8) is 0 Å². The van der Waals surface area contributed by atoms with Crippen molar-refractivity contribution >= 4 is 5.91 Å². The Morgan fingerprint density at radius 2 is 2.11 bits per heavy atom. The molecule has 4 heteroatoms. The summed E-state index contributed by atoms with van der Waals surface area (Å²) in [5.74, 6) is -0.258. The molecule has 1 amide bonds. The van der Waals surface area contributed by atoms with Gasteiger partial charge in [0.1, 0.15) is 5.82 Å². The Hall–Kier alpha value is -1.42. The molecule has 0 aliphatic rings. The quantitative estimate of drug-likeness (QED) is 0.873. The van der Waals surface area contributed by atoms with Crippen molar-refractivity contribution in [2.45, 2.75) is 26.8 Å². The topological polar surface area (TPSA) is 46.3 Å². The first-order valence-corrected chi connectivity index (χ1v) is 6.07. The number of carbonyl (C=O) groups is 1. The van der Waals surface area contributed by atoms with Crippen LogP contribution in [0.25, 0.3) is 0 Å². The van der Waals surface area contributed by atoms with Crippen molar-refractivity contribution in [1.82, 2.24) is 4.90 Å². The lowest BCUT2D eigenvalue weighted by molar-refractivity contribution is -0.139. The Balaban J connectivity index is 2.71. The van der Waals surface area contributed by atoms with Crippen molar-refractivity contribution in [3.05, 3.63) is 35.6 Å². The third kappa shape index (κ3) is 3.81. The van der Waals surface area contributed by atoms with Crippen molar-refractivity contribution in [2.24, 2.45) is 11.1 Å². The monoisotopic (exact) mass is 252 g/mol. The van der Waals surface area contributed by atoms with E-state index in [1.807, 2.05) is 19.9 Å². The second kappa shape index (κ2) is 5.96. The van der Waals surface area contributed by atoms with Crippen LogP contribution in [0.5, 0.6) is 0 Å². The molecule has 0 bridgehead atoms. The number of hydrogen-bond acceptors (Lipinski definition) is 2. The maximum absolute atomic E-state index is 13.1. The van der Waals surface area contributed by atoms with Gasteiger partial charge >= 0.3 is 0 Å². The summed E-state index contributed by atoms with van der Waals surface area (Å²) in [6.45, 7) is 4.64. The first-order valence-electron chi connectivity index (χ1n) is 6.07. The van der Waals surface area contributed by atoms with Crippen LogP contribution in [0, 0.1) is 11.2 Å². The highest BCUT2D eigenvalue weighted by Gasteiger charge is 2.29. The predicted molar refractivity (Wildman–Crippen MR) is 70.3 cm³/mol. The third-order valence-electron chi connectivity index (χ3n) is 3.00. The zero-order valence-electron chi connectivity index (χ0n) is 11.2. The van der Waals surface area contributed by atoms with Gasteiger partial charge in [0.05, 0.1) is 0 Å². The SMILES string of the molecule is CN(Cc1cccc(F)c1)C(=O)C(C)(C)CCN. The average molecular weight is 252 g/mol. The number of halogens is 1. The first-order chi connectivity index (χ1) is 8.36. The molecule has 0 heterocycles. The minimum atomic E-state index is -0.475. The minimum absolute atomic E-state index is 0.0252. The van der Waals surface area contributed by atoms with Crippen LogP contribution in [0.2, 0.25) is 0 Å². The fourth-order valence-corrected chi connectivity index (χ4v) is 1.97. The molecule has 100 valence electrons. The number of carbonyl (C=O) groups excluding carboxylic acids is 1. The molecule has 0 radical (unpaired) electrons. The van der Waals surface area contributed by atoms with E-state index in [9.17, 15) is 9.18 Å². The van der Waals surface area contributed by atoms with Crippen LogP contribution in [0.3, 0.4) is 0 Å². The summed E-state index contributed by atoms with van der Waals surface area (Å²) in [5.41, 5.74) is 5.82. The Bertz CT molecular complexity index is 418.